The van der Waals surface area contributed by atoms with Crippen LogP contribution in [0.3, 0.4) is 0 Å². The molecule has 3 rings (SSSR count). The van der Waals surface area contributed by atoms with Crippen LogP contribution in [-0.4, -0.2) is 46.1 Å². The highest BCUT2D eigenvalue weighted by atomic mass is 16.2. The maximum absolute atomic E-state index is 12.4. The van der Waals surface area contributed by atoms with Crippen molar-refractivity contribution in [2.24, 2.45) is 0 Å². The molecule has 6 heteroatoms. The molecule has 1 aromatic heterocycles. The molecule has 1 aromatic carbocycles. The lowest BCUT2D eigenvalue weighted by atomic mass is 10.0. The molecular formula is C15H19N5O. The smallest absolute Gasteiger partial charge is 0.317 e. The van der Waals surface area contributed by atoms with Crippen LogP contribution in [0.2, 0.25) is 0 Å². The number of piperazine rings is 1. The van der Waals surface area contributed by atoms with E-state index >= 15 is 0 Å². The van der Waals surface area contributed by atoms with Crippen LogP contribution in [0.5, 0.6) is 0 Å². The van der Waals surface area contributed by atoms with Gasteiger partial charge in [0, 0.05) is 19.6 Å². The number of amides is 2. The second-order valence-corrected chi connectivity index (χ2v) is 5.81. The molecule has 2 heterocycles. The first-order chi connectivity index (χ1) is 10.1. The Morgan fingerprint density at radius 3 is 2.86 bits per heavy atom. The first-order valence-corrected chi connectivity index (χ1v) is 7.07. The number of urea groups is 1. The van der Waals surface area contributed by atoms with Gasteiger partial charge in [-0.3, -0.25) is 10.3 Å². The van der Waals surface area contributed by atoms with Gasteiger partial charge in [-0.25, -0.2) is 9.78 Å². The molecule has 2 aromatic rings. The maximum atomic E-state index is 12.4. The van der Waals surface area contributed by atoms with Gasteiger partial charge < -0.3 is 10.2 Å². The van der Waals surface area contributed by atoms with Gasteiger partial charge >= 0.3 is 6.03 Å². The van der Waals surface area contributed by atoms with Crippen LogP contribution in [0.1, 0.15) is 13.8 Å². The summed E-state index contributed by atoms with van der Waals surface area (Å²) in [7, 11) is 0. The number of para-hydroxylation sites is 2. The van der Waals surface area contributed by atoms with Crippen molar-refractivity contribution in [3.05, 3.63) is 30.5 Å². The topological polar surface area (TPSA) is 70.2 Å². The predicted molar refractivity (Wildman–Crippen MR) is 82.2 cm³/mol. The Hall–Kier alpha value is -2.21. The van der Waals surface area contributed by atoms with Gasteiger partial charge in [0.2, 0.25) is 0 Å². The number of anilines is 1. The molecule has 0 bridgehead atoms. The van der Waals surface area contributed by atoms with Gasteiger partial charge in [-0.15, -0.1) is 0 Å². The first-order valence-electron chi connectivity index (χ1n) is 7.07. The first kappa shape index (κ1) is 13.8. The molecule has 2 N–H and O–H groups in total. The zero-order valence-corrected chi connectivity index (χ0v) is 12.3. The fourth-order valence-corrected chi connectivity index (χ4v) is 2.55. The second-order valence-electron chi connectivity index (χ2n) is 5.81. The van der Waals surface area contributed by atoms with Gasteiger partial charge in [0.1, 0.15) is 0 Å². The average molecular weight is 285 g/mol. The van der Waals surface area contributed by atoms with Gasteiger partial charge in [-0.05, 0) is 26.0 Å². The summed E-state index contributed by atoms with van der Waals surface area (Å²) in [5.41, 5.74) is 1.37. The van der Waals surface area contributed by atoms with Crippen molar-refractivity contribution in [1.82, 2.24) is 20.2 Å². The molecule has 0 unspecified atom stereocenters. The molecule has 1 aliphatic rings. The summed E-state index contributed by atoms with van der Waals surface area (Å²) in [4.78, 5) is 23.0. The normalized spacial score (nSPS) is 17.7. The molecule has 110 valence electrons. The van der Waals surface area contributed by atoms with E-state index in [1.165, 1.54) is 0 Å². The Kier molecular flexibility index (Phi) is 3.47. The predicted octanol–water partition coefficient (Wildman–Crippen LogP) is 1.85. The SMILES string of the molecule is CC1(C)CNCCN1C(=O)Nc1cnc2ccccc2n1. The highest BCUT2D eigenvalue weighted by molar-refractivity contribution is 5.90. The zero-order valence-electron chi connectivity index (χ0n) is 12.3. The molecule has 1 fully saturated rings. The van der Waals surface area contributed by atoms with Crippen molar-refractivity contribution in [3.8, 4) is 0 Å². The third-order valence-electron chi connectivity index (χ3n) is 3.73. The third kappa shape index (κ3) is 2.80. The number of nitrogens with zero attached hydrogens (tertiary/aromatic N) is 3. The van der Waals surface area contributed by atoms with Crippen molar-refractivity contribution in [2.45, 2.75) is 19.4 Å². The number of carbonyl (C=O) groups excluding carboxylic acids is 1. The molecule has 1 saturated heterocycles. The standard InChI is InChI=1S/C15H19N5O/c1-15(2)10-16-7-8-20(15)14(21)19-13-9-17-11-5-3-4-6-12(11)18-13/h3-6,9,16H,7-8,10H2,1-2H3,(H,18,19,21). The molecule has 0 saturated carbocycles. The van der Waals surface area contributed by atoms with Crippen molar-refractivity contribution >= 4 is 22.9 Å². The minimum absolute atomic E-state index is 0.133. The van der Waals surface area contributed by atoms with Gasteiger partial charge in [0.25, 0.3) is 0 Å². The maximum Gasteiger partial charge on any atom is 0.323 e. The summed E-state index contributed by atoms with van der Waals surface area (Å²) >= 11 is 0. The van der Waals surface area contributed by atoms with Crippen molar-refractivity contribution in [3.63, 3.8) is 0 Å². The van der Waals surface area contributed by atoms with E-state index in [0.717, 1.165) is 24.1 Å². The lowest BCUT2D eigenvalue weighted by molar-refractivity contribution is 0.123. The van der Waals surface area contributed by atoms with Crippen LogP contribution >= 0.6 is 0 Å². The van der Waals surface area contributed by atoms with E-state index in [1.807, 2.05) is 43.0 Å². The van der Waals surface area contributed by atoms with Gasteiger partial charge in [-0.1, -0.05) is 12.1 Å². The molecule has 6 nitrogen and oxygen atoms in total. The van der Waals surface area contributed by atoms with E-state index in [2.05, 4.69) is 20.6 Å². The van der Waals surface area contributed by atoms with Crippen LogP contribution in [-0.2, 0) is 0 Å². The van der Waals surface area contributed by atoms with Crippen molar-refractivity contribution in [1.29, 1.82) is 0 Å². The highest BCUT2D eigenvalue weighted by Gasteiger charge is 2.33. The number of carbonyl (C=O) groups is 1. The largest absolute Gasteiger partial charge is 0.323 e. The summed E-state index contributed by atoms with van der Waals surface area (Å²) in [6.45, 7) is 6.36. The fourth-order valence-electron chi connectivity index (χ4n) is 2.55. The molecule has 0 spiro atoms. The molecular weight excluding hydrogens is 266 g/mol. The van der Waals surface area contributed by atoms with Crippen LogP contribution in [0, 0.1) is 0 Å². The lowest BCUT2D eigenvalue weighted by Crippen LogP contribution is -2.60. The zero-order chi connectivity index (χ0) is 14.9. The number of fused-ring (bicyclic) bond motifs is 1. The molecule has 0 aliphatic carbocycles. The van der Waals surface area contributed by atoms with E-state index in [9.17, 15) is 4.79 Å². The lowest BCUT2D eigenvalue weighted by Gasteiger charge is -2.42. The Labute approximate surface area is 123 Å². The summed E-state index contributed by atoms with van der Waals surface area (Å²) in [6.07, 6.45) is 1.59. The Morgan fingerprint density at radius 1 is 1.33 bits per heavy atom. The number of benzene rings is 1. The number of hydrogen-bond donors (Lipinski definition) is 2. The average Bonchev–Trinajstić information content (AvgIpc) is 2.46. The molecule has 0 radical (unpaired) electrons. The van der Waals surface area contributed by atoms with Crippen LogP contribution in [0.4, 0.5) is 10.6 Å². The van der Waals surface area contributed by atoms with E-state index in [-0.39, 0.29) is 11.6 Å². The molecule has 21 heavy (non-hydrogen) atoms. The summed E-state index contributed by atoms with van der Waals surface area (Å²) in [5, 5.41) is 6.14. The van der Waals surface area contributed by atoms with Crippen molar-refractivity contribution < 1.29 is 4.79 Å². The second kappa shape index (κ2) is 5.29. The van der Waals surface area contributed by atoms with E-state index in [0.29, 0.717) is 12.4 Å². The minimum atomic E-state index is -0.216. The highest BCUT2D eigenvalue weighted by Crippen LogP contribution is 2.18. The van der Waals surface area contributed by atoms with Gasteiger partial charge in [0.15, 0.2) is 5.82 Å². The Morgan fingerprint density at radius 2 is 2.10 bits per heavy atom. The summed E-state index contributed by atoms with van der Waals surface area (Å²) in [5.74, 6) is 0.480. The number of aromatic nitrogens is 2. The summed E-state index contributed by atoms with van der Waals surface area (Å²) < 4.78 is 0. The monoisotopic (exact) mass is 285 g/mol. The quantitative estimate of drug-likeness (QED) is 0.839. The van der Waals surface area contributed by atoms with Gasteiger partial charge in [0.05, 0.1) is 22.8 Å². The third-order valence-corrected chi connectivity index (χ3v) is 3.73. The number of nitrogens with one attached hydrogen (secondary N) is 2. The van der Waals surface area contributed by atoms with E-state index in [4.69, 9.17) is 0 Å². The number of hydrogen-bond acceptors (Lipinski definition) is 4. The molecule has 2 amide bonds. The van der Waals surface area contributed by atoms with Crippen molar-refractivity contribution in [2.75, 3.05) is 25.0 Å². The fraction of sp³-hybridized carbons (Fsp3) is 0.400. The van der Waals surface area contributed by atoms with Gasteiger partial charge in [-0.2, -0.15) is 0 Å². The number of rotatable bonds is 1. The minimum Gasteiger partial charge on any atom is -0.317 e. The molecule has 0 atom stereocenters. The molecule has 1 aliphatic heterocycles. The van der Waals surface area contributed by atoms with Crippen LogP contribution in [0.15, 0.2) is 30.5 Å². The Balaban J connectivity index is 1.79. The van der Waals surface area contributed by atoms with Crippen LogP contribution < -0.4 is 10.6 Å². The van der Waals surface area contributed by atoms with E-state index in [1.54, 1.807) is 6.20 Å². The van der Waals surface area contributed by atoms with E-state index < -0.39 is 0 Å². The van der Waals surface area contributed by atoms with Crippen LogP contribution in [0.25, 0.3) is 11.0 Å². The Bertz CT molecular complexity index is 670. The summed E-state index contributed by atoms with van der Waals surface area (Å²) in [6, 6.07) is 7.46.